The average Bonchev–Trinajstić information content (AvgIpc) is 3.11. The van der Waals surface area contributed by atoms with E-state index in [4.69, 9.17) is 4.74 Å². The van der Waals surface area contributed by atoms with E-state index in [2.05, 4.69) is 0 Å². The average molecular weight is 358 g/mol. The van der Waals surface area contributed by atoms with E-state index >= 15 is 0 Å². The van der Waals surface area contributed by atoms with Gasteiger partial charge in [-0.1, -0.05) is 37.8 Å². The van der Waals surface area contributed by atoms with Crippen LogP contribution in [0.15, 0.2) is 24.3 Å². The second-order valence-electron chi connectivity index (χ2n) is 7.29. The molecule has 2 heterocycles. The van der Waals surface area contributed by atoms with Gasteiger partial charge in [0.15, 0.2) is 6.61 Å². The number of likely N-dealkylation sites (tertiary alicyclic amines) is 2. The van der Waals surface area contributed by atoms with Crippen LogP contribution in [0.1, 0.15) is 61.7 Å². The van der Waals surface area contributed by atoms with Crippen LogP contribution in [0.4, 0.5) is 0 Å². The first-order chi connectivity index (χ1) is 12.8. The summed E-state index contributed by atoms with van der Waals surface area (Å²) in [6.07, 6.45) is 9.00. The third kappa shape index (κ3) is 4.99. The summed E-state index contributed by atoms with van der Waals surface area (Å²) in [5.41, 5.74) is 0.568. The molecule has 0 saturated carbocycles. The van der Waals surface area contributed by atoms with Gasteiger partial charge in [-0.15, -0.1) is 0 Å². The number of hydrogen-bond donors (Lipinski definition) is 0. The van der Waals surface area contributed by atoms with Crippen LogP contribution < -0.4 is 4.74 Å². The minimum absolute atomic E-state index is 0.00426. The Hall–Kier alpha value is -2.04. The monoisotopic (exact) mass is 358 g/mol. The molecule has 0 aromatic heterocycles. The van der Waals surface area contributed by atoms with E-state index < -0.39 is 0 Å². The van der Waals surface area contributed by atoms with Crippen molar-refractivity contribution in [3.05, 3.63) is 29.8 Å². The summed E-state index contributed by atoms with van der Waals surface area (Å²) in [4.78, 5) is 29.2. The number of amides is 2. The van der Waals surface area contributed by atoms with Gasteiger partial charge in [-0.25, -0.2) is 0 Å². The van der Waals surface area contributed by atoms with Crippen LogP contribution in [0.2, 0.25) is 0 Å². The maximum atomic E-state index is 12.9. The van der Waals surface area contributed by atoms with E-state index in [1.807, 2.05) is 21.9 Å². The summed E-state index contributed by atoms with van der Waals surface area (Å²) in [6.45, 7) is 3.25. The molecule has 2 fully saturated rings. The van der Waals surface area contributed by atoms with Crippen LogP contribution in [-0.2, 0) is 4.79 Å². The number of carbonyl (C=O) groups is 2. The molecule has 2 saturated heterocycles. The van der Waals surface area contributed by atoms with Gasteiger partial charge in [0, 0.05) is 26.2 Å². The zero-order chi connectivity index (χ0) is 18.2. The summed E-state index contributed by atoms with van der Waals surface area (Å²) < 4.78 is 5.80. The minimum atomic E-state index is 0.00426. The maximum Gasteiger partial charge on any atom is 0.260 e. The van der Waals surface area contributed by atoms with E-state index in [0.717, 1.165) is 51.9 Å². The minimum Gasteiger partial charge on any atom is -0.483 e. The molecular formula is C21H30N2O3. The number of hydrogen-bond acceptors (Lipinski definition) is 3. The Kier molecular flexibility index (Phi) is 6.92. The third-order valence-electron chi connectivity index (χ3n) is 5.32. The van der Waals surface area contributed by atoms with Crippen molar-refractivity contribution in [3.63, 3.8) is 0 Å². The normalized spacial score (nSPS) is 18.8. The van der Waals surface area contributed by atoms with Crippen molar-refractivity contribution in [1.82, 2.24) is 9.80 Å². The van der Waals surface area contributed by atoms with Gasteiger partial charge in [0.25, 0.3) is 11.8 Å². The Balaban J connectivity index is 1.63. The van der Waals surface area contributed by atoms with E-state index in [0.29, 0.717) is 11.3 Å². The van der Waals surface area contributed by atoms with Crippen LogP contribution in [0, 0.1) is 0 Å². The van der Waals surface area contributed by atoms with Crippen molar-refractivity contribution in [1.29, 1.82) is 0 Å². The molecule has 2 amide bonds. The first-order valence-electron chi connectivity index (χ1n) is 10.0. The third-order valence-corrected chi connectivity index (χ3v) is 5.32. The largest absolute Gasteiger partial charge is 0.483 e. The van der Waals surface area contributed by atoms with Crippen molar-refractivity contribution in [2.75, 3.05) is 32.8 Å². The van der Waals surface area contributed by atoms with Crippen LogP contribution in [0.5, 0.6) is 5.75 Å². The first kappa shape index (κ1) is 18.7. The van der Waals surface area contributed by atoms with Crippen LogP contribution in [-0.4, -0.2) is 54.4 Å². The number of ether oxygens (including phenoxy) is 1. The van der Waals surface area contributed by atoms with Crippen molar-refractivity contribution >= 4 is 11.8 Å². The lowest BCUT2D eigenvalue weighted by atomic mass is 10.1. The Labute approximate surface area is 156 Å². The summed E-state index contributed by atoms with van der Waals surface area (Å²) in [6, 6.07) is 7.30. The Morgan fingerprint density at radius 2 is 1.31 bits per heavy atom. The molecule has 0 atom stereocenters. The predicted molar refractivity (Wildman–Crippen MR) is 101 cm³/mol. The summed E-state index contributed by atoms with van der Waals surface area (Å²) in [5, 5.41) is 0. The fraction of sp³-hybridized carbons (Fsp3) is 0.619. The summed E-state index contributed by atoms with van der Waals surface area (Å²) in [5.74, 6) is 0.554. The molecule has 0 spiro atoms. The fourth-order valence-corrected chi connectivity index (χ4v) is 3.76. The molecule has 2 aliphatic heterocycles. The van der Waals surface area contributed by atoms with Crippen LogP contribution >= 0.6 is 0 Å². The zero-order valence-corrected chi connectivity index (χ0v) is 15.6. The van der Waals surface area contributed by atoms with Gasteiger partial charge in [-0.2, -0.15) is 0 Å². The number of rotatable bonds is 4. The standard InChI is InChI=1S/C21H30N2O3/c24-20(22-13-7-1-2-8-14-22)17-26-19-12-6-5-11-18(19)21(25)23-15-9-3-4-10-16-23/h5-6,11-12H,1-4,7-10,13-17H2. The SMILES string of the molecule is O=C(COc1ccccc1C(=O)N1CCCCCC1)N1CCCCCC1. The highest BCUT2D eigenvalue weighted by atomic mass is 16.5. The van der Waals surface area contributed by atoms with Gasteiger partial charge < -0.3 is 14.5 Å². The molecule has 0 bridgehead atoms. The quantitative estimate of drug-likeness (QED) is 0.828. The molecule has 0 radical (unpaired) electrons. The fourth-order valence-electron chi connectivity index (χ4n) is 3.76. The molecule has 0 N–H and O–H groups in total. The lowest BCUT2D eigenvalue weighted by Gasteiger charge is -2.23. The number of nitrogens with zero attached hydrogens (tertiary/aromatic N) is 2. The molecule has 0 unspecified atom stereocenters. The molecule has 142 valence electrons. The molecule has 0 aliphatic carbocycles. The number of carbonyl (C=O) groups excluding carboxylic acids is 2. The van der Waals surface area contributed by atoms with E-state index in [-0.39, 0.29) is 18.4 Å². The Morgan fingerprint density at radius 1 is 0.769 bits per heavy atom. The smallest absolute Gasteiger partial charge is 0.260 e. The van der Waals surface area contributed by atoms with Crippen molar-refractivity contribution in [2.24, 2.45) is 0 Å². The second-order valence-corrected chi connectivity index (χ2v) is 7.29. The number of para-hydroxylation sites is 1. The number of benzene rings is 1. The summed E-state index contributed by atoms with van der Waals surface area (Å²) in [7, 11) is 0. The van der Waals surface area contributed by atoms with Gasteiger partial charge in [0.1, 0.15) is 5.75 Å². The zero-order valence-electron chi connectivity index (χ0n) is 15.6. The lowest BCUT2D eigenvalue weighted by molar-refractivity contribution is -0.133. The highest BCUT2D eigenvalue weighted by molar-refractivity contribution is 5.97. The van der Waals surface area contributed by atoms with Crippen molar-refractivity contribution in [3.8, 4) is 5.75 Å². The molecule has 5 heteroatoms. The van der Waals surface area contributed by atoms with E-state index in [1.54, 1.807) is 12.1 Å². The maximum absolute atomic E-state index is 12.9. The summed E-state index contributed by atoms with van der Waals surface area (Å²) >= 11 is 0. The molecule has 1 aromatic rings. The van der Waals surface area contributed by atoms with Gasteiger partial charge in [-0.3, -0.25) is 9.59 Å². The van der Waals surface area contributed by atoms with Crippen molar-refractivity contribution < 1.29 is 14.3 Å². The van der Waals surface area contributed by atoms with E-state index in [9.17, 15) is 9.59 Å². The molecular weight excluding hydrogens is 328 g/mol. The van der Waals surface area contributed by atoms with Crippen molar-refractivity contribution in [2.45, 2.75) is 51.4 Å². The Bertz CT molecular complexity index is 601. The molecule has 1 aromatic carbocycles. The molecule has 3 rings (SSSR count). The molecule has 5 nitrogen and oxygen atoms in total. The van der Waals surface area contributed by atoms with Gasteiger partial charge in [0.05, 0.1) is 5.56 Å². The molecule has 2 aliphatic rings. The van der Waals surface area contributed by atoms with Gasteiger partial charge in [-0.05, 0) is 37.8 Å². The highest BCUT2D eigenvalue weighted by Gasteiger charge is 2.22. The molecule has 26 heavy (non-hydrogen) atoms. The second kappa shape index (κ2) is 9.60. The van der Waals surface area contributed by atoms with Crippen LogP contribution in [0.25, 0.3) is 0 Å². The van der Waals surface area contributed by atoms with Gasteiger partial charge >= 0.3 is 0 Å². The van der Waals surface area contributed by atoms with Crippen LogP contribution in [0.3, 0.4) is 0 Å². The Morgan fingerprint density at radius 3 is 1.92 bits per heavy atom. The van der Waals surface area contributed by atoms with E-state index in [1.165, 1.54) is 25.7 Å². The highest BCUT2D eigenvalue weighted by Crippen LogP contribution is 2.22. The predicted octanol–water partition coefficient (Wildman–Crippen LogP) is 3.48. The topological polar surface area (TPSA) is 49.9 Å². The van der Waals surface area contributed by atoms with Gasteiger partial charge in [0.2, 0.25) is 0 Å². The lowest BCUT2D eigenvalue weighted by Crippen LogP contribution is -2.36. The first-order valence-corrected chi connectivity index (χ1v) is 10.0.